The molecule has 4 rings (SSSR count). The van der Waals surface area contributed by atoms with Gasteiger partial charge in [0, 0.05) is 12.7 Å². The molecule has 1 aromatic carbocycles. The summed E-state index contributed by atoms with van der Waals surface area (Å²) in [5.74, 6) is 1.37. The van der Waals surface area contributed by atoms with E-state index in [0.717, 1.165) is 29.9 Å². The van der Waals surface area contributed by atoms with Crippen molar-refractivity contribution in [2.24, 2.45) is 7.05 Å². The Morgan fingerprint density at radius 1 is 1.17 bits per heavy atom. The van der Waals surface area contributed by atoms with Crippen molar-refractivity contribution in [2.45, 2.75) is 58.5 Å². The first-order chi connectivity index (χ1) is 14.0. The molecule has 0 fully saturated rings. The van der Waals surface area contributed by atoms with E-state index in [2.05, 4.69) is 38.1 Å². The maximum atomic E-state index is 13.2. The maximum absolute atomic E-state index is 13.2. The molecule has 1 aliphatic carbocycles. The summed E-state index contributed by atoms with van der Waals surface area (Å²) in [4.78, 5) is 15.1. The highest BCUT2D eigenvalue weighted by molar-refractivity contribution is 5.78. The average molecular weight is 392 g/mol. The van der Waals surface area contributed by atoms with Crippen LogP contribution in [-0.2, 0) is 44.2 Å². The van der Waals surface area contributed by atoms with Gasteiger partial charge in [0.15, 0.2) is 0 Å². The predicted molar refractivity (Wildman–Crippen MR) is 112 cm³/mol. The van der Waals surface area contributed by atoms with Crippen LogP contribution in [0.1, 0.15) is 60.0 Å². The van der Waals surface area contributed by atoms with E-state index in [9.17, 15) is 4.79 Å². The number of nitrogens with zero attached hydrogens (tertiary/aromatic N) is 3. The summed E-state index contributed by atoms with van der Waals surface area (Å²) in [6, 6.07) is 12.2. The van der Waals surface area contributed by atoms with Crippen LogP contribution in [0.15, 0.2) is 47.1 Å². The van der Waals surface area contributed by atoms with Crippen LogP contribution in [0.2, 0.25) is 0 Å². The second-order valence-corrected chi connectivity index (χ2v) is 8.25. The Labute approximate surface area is 172 Å². The summed E-state index contributed by atoms with van der Waals surface area (Å²) in [7, 11) is 2.00. The zero-order valence-electron chi connectivity index (χ0n) is 17.5. The molecule has 152 valence electrons. The number of carbonyl (C=O) groups is 1. The number of aromatic nitrogens is 2. The molecule has 0 radical (unpaired) electrons. The fourth-order valence-electron chi connectivity index (χ4n) is 4.14. The lowest BCUT2D eigenvalue weighted by Gasteiger charge is -2.21. The molecule has 5 heteroatoms. The van der Waals surface area contributed by atoms with Gasteiger partial charge in [-0.1, -0.05) is 38.1 Å². The van der Waals surface area contributed by atoms with Gasteiger partial charge < -0.3 is 9.32 Å². The van der Waals surface area contributed by atoms with Gasteiger partial charge in [0.05, 0.1) is 31.5 Å². The topological polar surface area (TPSA) is 51.3 Å². The SMILES string of the molecule is CC(C)c1ccc(CC(=O)N(Cc2ccco2)Cc2nn(C)c3c2CCC3)cc1. The van der Waals surface area contributed by atoms with Crippen LogP contribution >= 0.6 is 0 Å². The minimum Gasteiger partial charge on any atom is -0.467 e. The smallest absolute Gasteiger partial charge is 0.227 e. The minimum atomic E-state index is 0.0936. The second kappa shape index (κ2) is 8.27. The van der Waals surface area contributed by atoms with Gasteiger partial charge in [-0.2, -0.15) is 5.10 Å². The lowest BCUT2D eigenvalue weighted by Crippen LogP contribution is -2.31. The molecule has 0 saturated carbocycles. The van der Waals surface area contributed by atoms with E-state index in [4.69, 9.17) is 9.52 Å². The van der Waals surface area contributed by atoms with Crippen LogP contribution < -0.4 is 0 Å². The average Bonchev–Trinajstić information content (AvgIpc) is 3.43. The lowest BCUT2D eigenvalue weighted by atomic mass is 10.0. The maximum Gasteiger partial charge on any atom is 0.227 e. The first-order valence-electron chi connectivity index (χ1n) is 10.4. The van der Waals surface area contributed by atoms with Crippen molar-refractivity contribution >= 4 is 5.91 Å². The molecular weight excluding hydrogens is 362 g/mol. The monoisotopic (exact) mass is 391 g/mol. The Balaban J connectivity index is 1.53. The van der Waals surface area contributed by atoms with E-state index >= 15 is 0 Å². The molecule has 0 saturated heterocycles. The van der Waals surface area contributed by atoms with Crippen LogP contribution in [0.25, 0.3) is 0 Å². The number of amides is 1. The van der Waals surface area contributed by atoms with Crippen molar-refractivity contribution in [3.8, 4) is 0 Å². The quantitative estimate of drug-likeness (QED) is 0.600. The number of furan rings is 1. The van der Waals surface area contributed by atoms with Gasteiger partial charge in [0.2, 0.25) is 5.91 Å². The highest BCUT2D eigenvalue weighted by Gasteiger charge is 2.24. The van der Waals surface area contributed by atoms with Gasteiger partial charge in [0.1, 0.15) is 5.76 Å². The minimum absolute atomic E-state index is 0.0936. The van der Waals surface area contributed by atoms with Gasteiger partial charge in [-0.05, 0) is 54.0 Å². The van der Waals surface area contributed by atoms with Crippen LogP contribution in [0.3, 0.4) is 0 Å². The molecule has 2 aromatic heterocycles. The van der Waals surface area contributed by atoms with E-state index in [1.54, 1.807) is 6.26 Å². The number of fused-ring (bicyclic) bond motifs is 1. The fraction of sp³-hybridized carbons (Fsp3) is 0.417. The van der Waals surface area contributed by atoms with E-state index in [1.165, 1.54) is 23.2 Å². The van der Waals surface area contributed by atoms with Crippen LogP contribution in [0.4, 0.5) is 0 Å². The Hall–Kier alpha value is -2.82. The van der Waals surface area contributed by atoms with Crippen LogP contribution in [0.5, 0.6) is 0 Å². The molecule has 0 spiro atoms. The summed E-state index contributed by atoms with van der Waals surface area (Å²) in [6.45, 7) is 5.33. The lowest BCUT2D eigenvalue weighted by molar-refractivity contribution is -0.132. The van der Waals surface area contributed by atoms with Gasteiger partial charge in [-0.3, -0.25) is 9.48 Å². The van der Waals surface area contributed by atoms with E-state index < -0.39 is 0 Å². The summed E-state index contributed by atoms with van der Waals surface area (Å²) >= 11 is 0. The van der Waals surface area contributed by atoms with Gasteiger partial charge in [0.25, 0.3) is 0 Å². The highest BCUT2D eigenvalue weighted by Crippen LogP contribution is 2.26. The van der Waals surface area contributed by atoms with Crippen molar-refractivity contribution in [2.75, 3.05) is 0 Å². The Morgan fingerprint density at radius 2 is 1.97 bits per heavy atom. The number of aryl methyl sites for hydroxylation is 1. The van der Waals surface area contributed by atoms with E-state index in [1.807, 2.05) is 28.8 Å². The van der Waals surface area contributed by atoms with Crippen molar-refractivity contribution in [3.63, 3.8) is 0 Å². The molecular formula is C24H29N3O2. The molecule has 3 aromatic rings. The molecule has 1 aliphatic rings. The summed E-state index contributed by atoms with van der Waals surface area (Å²) < 4.78 is 7.51. The standard InChI is InChI=1S/C24H29N3O2/c1-17(2)19-11-9-18(10-12-19)14-24(28)27(15-20-6-5-13-29-20)16-22-21-7-4-8-23(21)26(3)25-22/h5-6,9-13,17H,4,7-8,14-16H2,1-3H3. The summed E-state index contributed by atoms with van der Waals surface area (Å²) in [6.07, 6.45) is 5.34. The Kier molecular flexibility index (Phi) is 5.56. The molecule has 0 aliphatic heterocycles. The molecule has 29 heavy (non-hydrogen) atoms. The summed E-state index contributed by atoms with van der Waals surface area (Å²) in [5.41, 5.74) is 5.99. The van der Waals surface area contributed by atoms with Crippen molar-refractivity contribution in [1.29, 1.82) is 0 Å². The summed E-state index contributed by atoms with van der Waals surface area (Å²) in [5, 5.41) is 4.71. The molecule has 0 atom stereocenters. The van der Waals surface area contributed by atoms with Gasteiger partial charge in [-0.15, -0.1) is 0 Å². The number of hydrogen-bond acceptors (Lipinski definition) is 3. The second-order valence-electron chi connectivity index (χ2n) is 8.25. The Morgan fingerprint density at radius 3 is 2.66 bits per heavy atom. The molecule has 0 unspecified atom stereocenters. The van der Waals surface area contributed by atoms with E-state index in [-0.39, 0.29) is 5.91 Å². The van der Waals surface area contributed by atoms with Crippen molar-refractivity contribution in [1.82, 2.24) is 14.7 Å². The fourth-order valence-corrected chi connectivity index (χ4v) is 4.14. The Bertz CT molecular complexity index is 968. The largest absolute Gasteiger partial charge is 0.467 e. The highest BCUT2D eigenvalue weighted by atomic mass is 16.3. The zero-order valence-corrected chi connectivity index (χ0v) is 17.5. The molecule has 2 heterocycles. The predicted octanol–water partition coefficient (Wildman–Crippen LogP) is 4.40. The molecule has 1 amide bonds. The van der Waals surface area contributed by atoms with E-state index in [0.29, 0.717) is 25.4 Å². The third-order valence-corrected chi connectivity index (χ3v) is 5.82. The number of benzene rings is 1. The molecule has 0 bridgehead atoms. The molecule has 5 nitrogen and oxygen atoms in total. The third kappa shape index (κ3) is 4.29. The van der Waals surface area contributed by atoms with Gasteiger partial charge in [-0.25, -0.2) is 0 Å². The normalized spacial score (nSPS) is 13.1. The van der Waals surface area contributed by atoms with Crippen LogP contribution in [-0.4, -0.2) is 20.6 Å². The third-order valence-electron chi connectivity index (χ3n) is 5.82. The van der Waals surface area contributed by atoms with Crippen LogP contribution in [0, 0.1) is 0 Å². The van der Waals surface area contributed by atoms with Crippen molar-refractivity contribution < 1.29 is 9.21 Å². The first-order valence-corrected chi connectivity index (χ1v) is 10.4. The first kappa shape index (κ1) is 19.5. The van der Waals surface area contributed by atoms with Crippen molar-refractivity contribution in [3.05, 3.63) is 76.5 Å². The van der Waals surface area contributed by atoms with Gasteiger partial charge >= 0.3 is 0 Å². The number of rotatable bonds is 7. The zero-order chi connectivity index (χ0) is 20.4. The number of carbonyl (C=O) groups excluding carboxylic acids is 1. The molecule has 0 N–H and O–H groups in total. The number of hydrogen-bond donors (Lipinski definition) is 0.